The van der Waals surface area contributed by atoms with Crippen molar-refractivity contribution in [1.29, 1.82) is 0 Å². The van der Waals surface area contributed by atoms with Crippen molar-refractivity contribution in [2.24, 2.45) is 0 Å². The van der Waals surface area contributed by atoms with Crippen LogP contribution in [0.15, 0.2) is 42.6 Å². The molecule has 2 rings (SSSR count). The van der Waals surface area contributed by atoms with Gasteiger partial charge in [0.1, 0.15) is 11.4 Å². The van der Waals surface area contributed by atoms with Gasteiger partial charge >= 0.3 is 5.69 Å². The maximum absolute atomic E-state index is 11.6. The van der Waals surface area contributed by atoms with Gasteiger partial charge in [0.15, 0.2) is 0 Å². The van der Waals surface area contributed by atoms with Crippen LogP contribution in [0.25, 0.3) is 0 Å². The van der Waals surface area contributed by atoms with Gasteiger partial charge < -0.3 is 4.90 Å². The first-order chi connectivity index (χ1) is 11.0. The molecule has 0 saturated heterocycles. The lowest BCUT2D eigenvalue weighted by atomic mass is 10.1. The Hall–Kier alpha value is -2.47. The number of hydrogen-bond acceptors (Lipinski definition) is 5. The Bertz CT molecular complexity index is 674. The molecule has 6 nitrogen and oxygen atoms in total. The highest BCUT2D eigenvalue weighted by molar-refractivity contribution is 5.73. The molecule has 0 amide bonds. The number of hydrogen-bond donors (Lipinski definition) is 0. The van der Waals surface area contributed by atoms with Gasteiger partial charge in [-0.3, -0.25) is 20.0 Å². The number of nitrogens with zero attached hydrogens (tertiary/aromatic N) is 4. The molecule has 23 heavy (non-hydrogen) atoms. The molecule has 1 heterocycles. The Morgan fingerprint density at radius 1 is 1.22 bits per heavy atom. The smallest absolute Gasteiger partial charge is 0.313 e. The molecule has 0 saturated carbocycles. The first kappa shape index (κ1) is 16.9. The van der Waals surface area contributed by atoms with E-state index in [1.165, 1.54) is 0 Å². The summed E-state index contributed by atoms with van der Waals surface area (Å²) >= 11 is 0. The molecule has 0 aliphatic carbocycles. The number of para-hydroxylation sites is 1. The topological polar surface area (TPSA) is 62.5 Å². The minimum Gasteiger partial charge on any atom is -0.319 e. The number of nitro groups is 1. The van der Waals surface area contributed by atoms with Gasteiger partial charge in [0, 0.05) is 11.9 Å². The molecule has 0 radical (unpaired) electrons. The standard InChI is InChI=1S/C17H22N4O2/c1-5-16(19(3)4)20(14-9-7-6-8-10-14)15-11-12-18-13(2)17(15)21(22)23/h6-12,16H,5H2,1-4H3. The van der Waals surface area contributed by atoms with Crippen molar-refractivity contribution in [1.82, 2.24) is 9.88 Å². The van der Waals surface area contributed by atoms with Crippen LogP contribution in [0.4, 0.5) is 17.1 Å². The summed E-state index contributed by atoms with van der Waals surface area (Å²) in [6.45, 7) is 3.74. The third kappa shape index (κ3) is 3.48. The van der Waals surface area contributed by atoms with Crippen LogP contribution in [0, 0.1) is 17.0 Å². The van der Waals surface area contributed by atoms with E-state index in [1.807, 2.05) is 49.3 Å². The van der Waals surface area contributed by atoms with Crippen molar-refractivity contribution >= 4 is 17.1 Å². The molecule has 0 fully saturated rings. The summed E-state index contributed by atoms with van der Waals surface area (Å²) in [4.78, 5) is 19.4. The zero-order valence-electron chi connectivity index (χ0n) is 13.9. The fourth-order valence-electron chi connectivity index (χ4n) is 2.80. The van der Waals surface area contributed by atoms with Crippen LogP contribution in [-0.2, 0) is 0 Å². The molecule has 0 spiro atoms. The maximum atomic E-state index is 11.6. The van der Waals surface area contributed by atoms with E-state index in [4.69, 9.17) is 0 Å². The number of aryl methyl sites for hydroxylation is 1. The molecule has 0 N–H and O–H groups in total. The minimum absolute atomic E-state index is 0.00194. The van der Waals surface area contributed by atoms with Gasteiger partial charge in [0.2, 0.25) is 0 Å². The summed E-state index contributed by atoms with van der Waals surface area (Å²) in [6.07, 6.45) is 2.44. The van der Waals surface area contributed by atoms with Gasteiger partial charge in [0.25, 0.3) is 0 Å². The zero-order chi connectivity index (χ0) is 17.0. The van der Waals surface area contributed by atoms with Gasteiger partial charge in [-0.2, -0.15) is 0 Å². The molecule has 0 aliphatic heterocycles. The first-order valence-electron chi connectivity index (χ1n) is 7.58. The second-order valence-corrected chi connectivity index (χ2v) is 5.58. The van der Waals surface area contributed by atoms with E-state index in [1.54, 1.807) is 19.2 Å². The van der Waals surface area contributed by atoms with Crippen LogP contribution >= 0.6 is 0 Å². The van der Waals surface area contributed by atoms with Gasteiger partial charge in [-0.15, -0.1) is 0 Å². The molecule has 1 atom stereocenters. The van der Waals surface area contributed by atoms with Gasteiger partial charge in [-0.1, -0.05) is 25.1 Å². The Morgan fingerprint density at radius 3 is 2.39 bits per heavy atom. The van der Waals surface area contributed by atoms with E-state index in [0.717, 1.165) is 12.1 Å². The predicted octanol–water partition coefficient (Wildman–Crippen LogP) is 3.73. The second-order valence-electron chi connectivity index (χ2n) is 5.58. The van der Waals surface area contributed by atoms with Crippen LogP contribution < -0.4 is 4.90 Å². The Morgan fingerprint density at radius 2 is 1.87 bits per heavy atom. The highest BCUT2D eigenvalue weighted by Gasteiger charge is 2.29. The van der Waals surface area contributed by atoms with Crippen molar-refractivity contribution in [3.8, 4) is 0 Å². The van der Waals surface area contributed by atoms with E-state index >= 15 is 0 Å². The Labute approximate surface area is 136 Å². The van der Waals surface area contributed by atoms with E-state index in [-0.39, 0.29) is 16.8 Å². The van der Waals surface area contributed by atoms with Crippen LogP contribution in [-0.4, -0.2) is 35.1 Å². The SMILES string of the molecule is CCC(N(C)C)N(c1ccccc1)c1ccnc(C)c1[N+](=O)[O-]. The average molecular weight is 314 g/mol. The largest absolute Gasteiger partial charge is 0.319 e. The Kier molecular flexibility index (Phi) is 5.28. The van der Waals surface area contributed by atoms with E-state index < -0.39 is 0 Å². The Balaban J connectivity index is 2.68. The number of pyridine rings is 1. The van der Waals surface area contributed by atoms with Gasteiger partial charge in [-0.05, 0) is 45.6 Å². The molecule has 1 unspecified atom stereocenters. The molecular weight excluding hydrogens is 292 g/mol. The van der Waals surface area contributed by atoms with Crippen molar-refractivity contribution < 1.29 is 4.92 Å². The van der Waals surface area contributed by atoms with Gasteiger partial charge in [-0.25, -0.2) is 0 Å². The van der Waals surface area contributed by atoms with Crippen molar-refractivity contribution in [2.75, 3.05) is 19.0 Å². The number of rotatable bonds is 6. The number of anilines is 2. The normalized spacial score (nSPS) is 12.2. The summed E-state index contributed by atoms with van der Waals surface area (Å²) in [5.74, 6) is 0. The molecule has 0 bridgehead atoms. The summed E-state index contributed by atoms with van der Waals surface area (Å²) < 4.78 is 0. The van der Waals surface area contributed by atoms with Crippen molar-refractivity contribution in [3.05, 3.63) is 58.4 Å². The monoisotopic (exact) mass is 314 g/mol. The van der Waals surface area contributed by atoms with Gasteiger partial charge in [0.05, 0.1) is 11.1 Å². The summed E-state index contributed by atoms with van der Waals surface area (Å²) in [7, 11) is 3.95. The second kappa shape index (κ2) is 7.19. The third-order valence-electron chi connectivity index (χ3n) is 3.82. The van der Waals surface area contributed by atoms with E-state index in [0.29, 0.717) is 11.4 Å². The molecule has 6 heteroatoms. The number of benzene rings is 1. The lowest BCUT2D eigenvalue weighted by Gasteiger charge is -2.37. The minimum atomic E-state index is -0.351. The molecule has 2 aromatic rings. The van der Waals surface area contributed by atoms with Crippen LogP contribution in [0.2, 0.25) is 0 Å². The van der Waals surface area contributed by atoms with Crippen molar-refractivity contribution in [2.45, 2.75) is 26.4 Å². The third-order valence-corrected chi connectivity index (χ3v) is 3.82. The summed E-state index contributed by atoms with van der Waals surface area (Å²) in [6, 6.07) is 11.4. The highest BCUT2D eigenvalue weighted by atomic mass is 16.6. The quantitative estimate of drug-likeness (QED) is 0.462. The lowest BCUT2D eigenvalue weighted by Crippen LogP contribution is -2.42. The van der Waals surface area contributed by atoms with Crippen LogP contribution in [0.5, 0.6) is 0 Å². The fraction of sp³-hybridized carbons (Fsp3) is 0.353. The highest BCUT2D eigenvalue weighted by Crippen LogP contribution is 2.37. The molecule has 0 aliphatic rings. The maximum Gasteiger partial charge on any atom is 0.313 e. The summed E-state index contributed by atoms with van der Waals surface area (Å²) in [5.41, 5.74) is 1.95. The molecule has 1 aromatic carbocycles. The van der Waals surface area contributed by atoms with E-state index in [2.05, 4.69) is 16.8 Å². The zero-order valence-corrected chi connectivity index (χ0v) is 13.9. The molecular formula is C17H22N4O2. The van der Waals surface area contributed by atoms with Crippen LogP contribution in [0.1, 0.15) is 19.0 Å². The lowest BCUT2D eigenvalue weighted by molar-refractivity contribution is -0.385. The van der Waals surface area contributed by atoms with E-state index in [9.17, 15) is 10.1 Å². The van der Waals surface area contributed by atoms with Crippen molar-refractivity contribution in [3.63, 3.8) is 0 Å². The fourth-order valence-corrected chi connectivity index (χ4v) is 2.80. The predicted molar refractivity (Wildman–Crippen MR) is 92.0 cm³/mol. The summed E-state index contributed by atoms with van der Waals surface area (Å²) in [5, 5.41) is 11.6. The molecule has 122 valence electrons. The average Bonchev–Trinajstić information content (AvgIpc) is 2.52. The molecule has 1 aromatic heterocycles. The first-order valence-corrected chi connectivity index (χ1v) is 7.58. The number of aromatic nitrogens is 1. The van der Waals surface area contributed by atoms with Crippen LogP contribution in [0.3, 0.4) is 0 Å².